The zero-order chi connectivity index (χ0) is 18.5. The van der Waals surface area contributed by atoms with Crippen LogP contribution in [-0.2, 0) is 10.2 Å². The van der Waals surface area contributed by atoms with Crippen LogP contribution in [0.5, 0.6) is 0 Å². The summed E-state index contributed by atoms with van der Waals surface area (Å²) in [7, 11) is 4.30. The van der Waals surface area contributed by atoms with E-state index in [-0.39, 0.29) is 11.3 Å². The number of rotatable bonds is 13. The molecule has 0 radical (unpaired) electrons. The quantitative estimate of drug-likeness (QED) is 0.527. The summed E-state index contributed by atoms with van der Waals surface area (Å²) in [5, 5.41) is 3.16. The molecule has 0 aliphatic heterocycles. The average Bonchev–Trinajstić information content (AvgIpc) is 2.61. The lowest BCUT2D eigenvalue weighted by molar-refractivity contribution is -0.858. The van der Waals surface area contributed by atoms with Gasteiger partial charge in [-0.3, -0.25) is 4.79 Å². The van der Waals surface area contributed by atoms with E-state index in [1.165, 1.54) is 36.1 Å². The van der Waals surface area contributed by atoms with Crippen LogP contribution >= 0.6 is 0 Å². The molecule has 0 fully saturated rings. The molecule has 3 nitrogen and oxygen atoms in total. The maximum Gasteiger partial charge on any atom is 0.220 e. The van der Waals surface area contributed by atoms with Gasteiger partial charge >= 0.3 is 0 Å². The van der Waals surface area contributed by atoms with E-state index in [0.717, 1.165) is 32.4 Å². The number of hydrogen-bond acceptors (Lipinski definition) is 1. The lowest BCUT2D eigenvalue weighted by Crippen LogP contribution is -3.05. The van der Waals surface area contributed by atoms with E-state index in [4.69, 9.17) is 0 Å². The molecule has 0 saturated heterocycles. The molecule has 0 unspecified atom stereocenters. The van der Waals surface area contributed by atoms with Crippen molar-refractivity contribution in [3.05, 3.63) is 35.9 Å². The van der Waals surface area contributed by atoms with Crippen LogP contribution in [0.25, 0.3) is 0 Å². The topological polar surface area (TPSA) is 33.5 Å². The predicted molar refractivity (Wildman–Crippen MR) is 107 cm³/mol. The number of carbonyl (C=O) groups is 1. The van der Waals surface area contributed by atoms with Crippen LogP contribution in [0, 0.1) is 0 Å². The summed E-state index contributed by atoms with van der Waals surface area (Å²) in [4.78, 5) is 14.1. The molecule has 0 bridgehead atoms. The predicted octanol–water partition coefficient (Wildman–Crippen LogP) is 3.35. The van der Waals surface area contributed by atoms with E-state index in [1.54, 1.807) is 0 Å². The van der Waals surface area contributed by atoms with Crippen molar-refractivity contribution < 1.29 is 9.69 Å². The Hall–Kier alpha value is -1.35. The molecule has 0 aliphatic rings. The Labute approximate surface area is 155 Å². The number of benzene rings is 1. The second-order valence-electron chi connectivity index (χ2n) is 7.69. The lowest BCUT2D eigenvalue weighted by atomic mass is 9.70. The fraction of sp³-hybridized carbons (Fsp3) is 0.682. The molecule has 0 saturated carbocycles. The largest absolute Gasteiger partial charge is 0.356 e. The number of unbranched alkanes of at least 4 members (excludes halogenated alkanes) is 2. The first-order chi connectivity index (χ1) is 12.0. The van der Waals surface area contributed by atoms with Gasteiger partial charge in [0.05, 0.1) is 20.6 Å². The summed E-state index contributed by atoms with van der Waals surface area (Å²) in [6.07, 6.45) is 8.56. The third-order valence-electron chi connectivity index (χ3n) is 5.08. The molecule has 2 N–H and O–H groups in total. The molecule has 0 aliphatic carbocycles. The first-order valence-corrected chi connectivity index (χ1v) is 10.2. The van der Waals surface area contributed by atoms with Crippen LogP contribution in [0.1, 0.15) is 70.8 Å². The van der Waals surface area contributed by atoms with E-state index >= 15 is 0 Å². The van der Waals surface area contributed by atoms with Gasteiger partial charge in [0, 0.05) is 24.8 Å². The summed E-state index contributed by atoms with van der Waals surface area (Å²) in [5.74, 6) is 0.213. The van der Waals surface area contributed by atoms with Gasteiger partial charge in [-0.25, -0.2) is 0 Å². The average molecular weight is 348 g/mol. The van der Waals surface area contributed by atoms with Gasteiger partial charge in [-0.15, -0.1) is 0 Å². The smallest absolute Gasteiger partial charge is 0.220 e. The van der Waals surface area contributed by atoms with Gasteiger partial charge in [-0.2, -0.15) is 0 Å². The zero-order valence-corrected chi connectivity index (χ0v) is 16.9. The molecule has 3 heteroatoms. The molecule has 0 atom stereocenters. The van der Waals surface area contributed by atoms with Crippen molar-refractivity contribution in [2.45, 2.75) is 70.6 Å². The minimum Gasteiger partial charge on any atom is -0.356 e. The molecule has 0 spiro atoms. The van der Waals surface area contributed by atoms with Crippen LogP contribution in [-0.4, -0.2) is 33.1 Å². The first kappa shape index (κ1) is 21.7. The Balaban J connectivity index is 2.82. The van der Waals surface area contributed by atoms with E-state index < -0.39 is 0 Å². The van der Waals surface area contributed by atoms with Crippen LogP contribution in [0.2, 0.25) is 0 Å². The third kappa shape index (κ3) is 8.04. The van der Waals surface area contributed by atoms with Gasteiger partial charge in [0.2, 0.25) is 5.91 Å². The fourth-order valence-corrected chi connectivity index (χ4v) is 3.55. The summed E-state index contributed by atoms with van der Waals surface area (Å²) in [5.41, 5.74) is 1.33. The molecular formula is C22H39N2O+. The van der Waals surface area contributed by atoms with Crippen molar-refractivity contribution in [1.82, 2.24) is 5.32 Å². The van der Waals surface area contributed by atoms with Crippen LogP contribution < -0.4 is 10.2 Å². The number of amides is 1. The van der Waals surface area contributed by atoms with Gasteiger partial charge in [0.15, 0.2) is 0 Å². The number of hydrogen-bond donors (Lipinski definition) is 2. The zero-order valence-electron chi connectivity index (χ0n) is 16.9. The van der Waals surface area contributed by atoms with Crippen molar-refractivity contribution in [3.63, 3.8) is 0 Å². The van der Waals surface area contributed by atoms with Crippen molar-refractivity contribution in [2.75, 3.05) is 27.2 Å². The van der Waals surface area contributed by atoms with Crippen LogP contribution in [0.4, 0.5) is 0 Å². The Kier molecular flexibility index (Phi) is 10.5. The summed E-state index contributed by atoms with van der Waals surface area (Å²) < 4.78 is 0. The monoisotopic (exact) mass is 347 g/mol. The lowest BCUT2D eigenvalue weighted by Gasteiger charge is -2.34. The molecule has 1 rings (SSSR count). The van der Waals surface area contributed by atoms with Crippen LogP contribution in [0.15, 0.2) is 30.3 Å². The fourth-order valence-electron chi connectivity index (χ4n) is 3.55. The van der Waals surface area contributed by atoms with E-state index in [0.29, 0.717) is 6.42 Å². The minimum atomic E-state index is -0.00976. The second-order valence-corrected chi connectivity index (χ2v) is 7.69. The van der Waals surface area contributed by atoms with Crippen molar-refractivity contribution in [3.8, 4) is 0 Å². The van der Waals surface area contributed by atoms with Gasteiger partial charge in [-0.1, -0.05) is 69.9 Å². The Morgan fingerprint density at radius 2 is 1.60 bits per heavy atom. The van der Waals surface area contributed by atoms with Crippen molar-refractivity contribution >= 4 is 5.91 Å². The van der Waals surface area contributed by atoms with Crippen molar-refractivity contribution in [2.24, 2.45) is 0 Å². The molecule has 1 aromatic rings. The summed E-state index contributed by atoms with van der Waals surface area (Å²) >= 11 is 0. The van der Waals surface area contributed by atoms with E-state index in [1.807, 2.05) is 0 Å². The van der Waals surface area contributed by atoms with E-state index in [2.05, 4.69) is 63.6 Å². The molecular weight excluding hydrogens is 308 g/mol. The Morgan fingerprint density at radius 1 is 1.00 bits per heavy atom. The summed E-state index contributed by atoms with van der Waals surface area (Å²) in [6.45, 7) is 6.35. The highest BCUT2D eigenvalue weighted by atomic mass is 16.1. The highest BCUT2D eigenvalue weighted by Crippen LogP contribution is 2.38. The molecule has 1 aromatic carbocycles. The number of quaternary nitrogens is 1. The van der Waals surface area contributed by atoms with Gasteiger partial charge in [-0.05, 0) is 18.4 Å². The molecule has 142 valence electrons. The first-order valence-electron chi connectivity index (χ1n) is 10.2. The number of nitrogens with one attached hydrogen (secondary N) is 2. The standard InChI is InChI=1S/C22H38N2O/c1-5-7-15-22(16-8-6-2,20-13-10-9-11-14-20)19-21(25)23-17-12-18-24(3)4/h9-11,13-14H,5-8,12,15-19H2,1-4H3,(H,23,25)/p+1. The maximum atomic E-state index is 12.7. The minimum absolute atomic E-state index is 0.00976. The Morgan fingerprint density at radius 3 is 2.12 bits per heavy atom. The second kappa shape index (κ2) is 12.1. The Bertz CT molecular complexity index is 462. The van der Waals surface area contributed by atoms with Crippen LogP contribution in [0.3, 0.4) is 0 Å². The van der Waals surface area contributed by atoms with Crippen molar-refractivity contribution in [1.29, 1.82) is 0 Å². The van der Waals surface area contributed by atoms with Gasteiger partial charge in [0.25, 0.3) is 0 Å². The highest BCUT2D eigenvalue weighted by Gasteiger charge is 2.33. The normalized spacial score (nSPS) is 11.7. The molecule has 1 amide bonds. The maximum absolute atomic E-state index is 12.7. The third-order valence-corrected chi connectivity index (χ3v) is 5.08. The SMILES string of the molecule is CCCCC(CCCC)(CC(=O)NCCC[NH+](C)C)c1ccccc1. The molecule has 0 heterocycles. The molecule has 25 heavy (non-hydrogen) atoms. The highest BCUT2D eigenvalue weighted by molar-refractivity contribution is 5.77. The van der Waals surface area contributed by atoms with E-state index in [9.17, 15) is 4.79 Å². The summed E-state index contributed by atoms with van der Waals surface area (Å²) in [6, 6.07) is 10.7. The molecule has 0 aromatic heterocycles. The van der Waals surface area contributed by atoms with Gasteiger partial charge < -0.3 is 10.2 Å². The van der Waals surface area contributed by atoms with Gasteiger partial charge in [0.1, 0.15) is 0 Å². The number of carbonyl (C=O) groups excluding carboxylic acids is 1.